The molecule has 1 saturated heterocycles. The van der Waals surface area contributed by atoms with Gasteiger partial charge in [-0.25, -0.2) is 4.79 Å². The summed E-state index contributed by atoms with van der Waals surface area (Å²) in [7, 11) is 1.26. The minimum absolute atomic E-state index is 0.0503. The van der Waals surface area contributed by atoms with Gasteiger partial charge < -0.3 is 28.4 Å². The molecule has 12 nitrogen and oxygen atoms in total. The molecule has 0 aromatic carbocycles. The maximum Gasteiger partial charge on any atom is 0.339 e. The predicted octanol–water partition coefficient (Wildman–Crippen LogP) is 2.78. The van der Waals surface area contributed by atoms with E-state index in [4.69, 9.17) is 28.4 Å². The Morgan fingerprint density at radius 1 is 0.795 bits per heavy atom. The van der Waals surface area contributed by atoms with Crippen LogP contribution in [0.5, 0.6) is 0 Å². The molecule has 4 fully saturated rings. The number of methoxy groups -OCH3 is 1. The summed E-state index contributed by atoms with van der Waals surface area (Å²) < 4.78 is 33.1. The number of ketones is 2. The smallest absolute Gasteiger partial charge is 0.339 e. The Hall–Kier alpha value is -3.12. The van der Waals surface area contributed by atoms with E-state index in [0.29, 0.717) is 25.7 Å². The molecule has 1 heterocycles. The van der Waals surface area contributed by atoms with Crippen molar-refractivity contribution in [2.75, 3.05) is 7.11 Å². The van der Waals surface area contributed by atoms with Gasteiger partial charge >= 0.3 is 23.9 Å². The number of hydrogen-bond acceptors (Lipinski definition) is 12. The van der Waals surface area contributed by atoms with Crippen molar-refractivity contribution in [3.63, 3.8) is 0 Å². The summed E-state index contributed by atoms with van der Waals surface area (Å²) in [6.07, 6.45) is -1.58. The van der Waals surface area contributed by atoms with Crippen molar-refractivity contribution < 1.29 is 57.2 Å². The fourth-order valence-electron chi connectivity index (χ4n) is 8.63. The van der Waals surface area contributed by atoms with Gasteiger partial charge in [0.15, 0.2) is 36.5 Å². The largest absolute Gasteiger partial charge is 0.460 e. The number of Topliss-reactive ketones (excluding diaryl/α,β-unsaturated/α-hetero) is 1. The van der Waals surface area contributed by atoms with Gasteiger partial charge in [0.25, 0.3) is 0 Å². The third kappa shape index (κ3) is 5.59. The summed E-state index contributed by atoms with van der Waals surface area (Å²) in [6, 6.07) is 0. The maximum atomic E-state index is 13.6. The molecule has 0 spiro atoms. The van der Waals surface area contributed by atoms with Crippen LogP contribution in [0, 0.1) is 28.6 Å². The van der Waals surface area contributed by atoms with Crippen LogP contribution in [0.15, 0.2) is 11.6 Å². The number of carbonyl (C=O) groups excluding carboxylic acids is 6. The number of ether oxygens (including phenoxy) is 6. The average molecular weight is 619 g/mol. The highest BCUT2D eigenvalue weighted by molar-refractivity contribution is 5.96. The summed E-state index contributed by atoms with van der Waals surface area (Å²) in [5.41, 5.74) is 0.251. The molecule has 0 bridgehead atoms. The van der Waals surface area contributed by atoms with E-state index >= 15 is 0 Å². The first kappa shape index (κ1) is 32.3. The highest BCUT2D eigenvalue weighted by Gasteiger charge is 2.61. The molecule has 0 radical (unpaired) electrons. The SMILES string of the molecule is CO[C@@H]1O[C@H](C(=O)O[C@H]2CC[C@@]3(C)C(=CC(=O)[C@@H]4[C@@H]3CC[C@]3(C)C(=O)CC[C@@H]43)C2)[C@@H](OC(C)=O)[C@H](OC(C)=O)[C@H]1OC(C)=O. The third-order valence-corrected chi connectivity index (χ3v) is 10.8. The molecule has 4 aliphatic carbocycles. The number of allylic oxidation sites excluding steroid dienone is 1. The second-order valence-electron chi connectivity index (χ2n) is 13.3. The van der Waals surface area contributed by atoms with Crippen LogP contribution >= 0.6 is 0 Å². The van der Waals surface area contributed by atoms with E-state index in [1.807, 2.05) is 6.92 Å². The van der Waals surface area contributed by atoms with Crippen molar-refractivity contribution in [1.29, 1.82) is 0 Å². The zero-order valence-corrected chi connectivity index (χ0v) is 26.1. The molecule has 3 saturated carbocycles. The van der Waals surface area contributed by atoms with Crippen LogP contribution in [-0.2, 0) is 57.2 Å². The van der Waals surface area contributed by atoms with Crippen molar-refractivity contribution in [2.45, 2.75) is 116 Å². The number of fused-ring (bicyclic) bond motifs is 5. The molecule has 5 rings (SSSR count). The molecule has 0 N–H and O–H groups in total. The zero-order chi connectivity index (χ0) is 32.1. The van der Waals surface area contributed by atoms with E-state index in [1.165, 1.54) is 7.11 Å². The van der Waals surface area contributed by atoms with Crippen molar-refractivity contribution in [2.24, 2.45) is 28.6 Å². The topological polar surface area (TPSA) is 158 Å². The quantitative estimate of drug-likeness (QED) is 0.317. The number of esters is 4. The maximum absolute atomic E-state index is 13.6. The zero-order valence-electron chi connectivity index (χ0n) is 26.1. The lowest BCUT2D eigenvalue weighted by molar-refractivity contribution is -0.297. The van der Waals surface area contributed by atoms with E-state index in [1.54, 1.807) is 6.08 Å². The first-order valence-electron chi connectivity index (χ1n) is 15.4. The molecule has 0 unspecified atom stereocenters. The summed E-state index contributed by atoms with van der Waals surface area (Å²) in [4.78, 5) is 75.9. The third-order valence-electron chi connectivity index (χ3n) is 10.8. The van der Waals surface area contributed by atoms with Crippen LogP contribution in [0.2, 0.25) is 0 Å². The molecule has 0 aromatic rings. The first-order chi connectivity index (χ1) is 20.7. The van der Waals surface area contributed by atoms with Gasteiger partial charge in [0.05, 0.1) is 0 Å². The van der Waals surface area contributed by atoms with Gasteiger partial charge in [0.2, 0.25) is 0 Å². The van der Waals surface area contributed by atoms with Crippen molar-refractivity contribution in [3.8, 4) is 0 Å². The first-order valence-corrected chi connectivity index (χ1v) is 15.4. The monoisotopic (exact) mass is 618 g/mol. The molecule has 5 aliphatic rings. The molecule has 0 aromatic heterocycles. The van der Waals surface area contributed by atoms with Crippen LogP contribution in [0.25, 0.3) is 0 Å². The number of hydrogen-bond donors (Lipinski definition) is 0. The lowest BCUT2D eigenvalue weighted by Gasteiger charge is -2.56. The predicted molar refractivity (Wildman–Crippen MR) is 149 cm³/mol. The van der Waals surface area contributed by atoms with Crippen molar-refractivity contribution in [3.05, 3.63) is 11.6 Å². The average Bonchev–Trinajstić information content (AvgIpc) is 3.24. The highest BCUT2D eigenvalue weighted by atomic mass is 16.7. The number of carbonyl (C=O) groups is 6. The summed E-state index contributed by atoms with van der Waals surface area (Å²) in [5, 5.41) is 0. The molecule has 12 heteroatoms. The van der Waals surface area contributed by atoms with E-state index in [2.05, 4.69) is 6.92 Å². The standard InChI is InChI=1S/C32H42O12/c1-15(33)40-25-26(41-16(2)34)28(42-17(3)35)30(39-6)44-27(25)29(38)43-19-9-11-31(4)18(13-19)14-22(36)24-20-7-8-23(37)32(20,5)12-10-21(24)31/h14,19-21,24-28,30H,7-13H2,1-6H3/t19-,20-,21-,24-,25-,26-,27-,28+,30+,31-,32-/m0/s1. The van der Waals surface area contributed by atoms with E-state index in [0.717, 1.165) is 45.6 Å². The van der Waals surface area contributed by atoms with Crippen LogP contribution in [-0.4, -0.2) is 79.4 Å². The summed E-state index contributed by atoms with van der Waals surface area (Å²) >= 11 is 0. The van der Waals surface area contributed by atoms with Gasteiger partial charge in [-0.3, -0.25) is 24.0 Å². The summed E-state index contributed by atoms with van der Waals surface area (Å²) in [6.45, 7) is 7.60. The van der Waals surface area contributed by atoms with E-state index in [9.17, 15) is 28.8 Å². The number of rotatable bonds is 6. The molecule has 11 atom stereocenters. The Labute approximate surface area is 256 Å². The Morgan fingerprint density at radius 2 is 1.39 bits per heavy atom. The van der Waals surface area contributed by atoms with Crippen LogP contribution in [0.4, 0.5) is 0 Å². The van der Waals surface area contributed by atoms with Crippen LogP contribution in [0.1, 0.15) is 79.6 Å². The van der Waals surface area contributed by atoms with Crippen molar-refractivity contribution in [1.82, 2.24) is 0 Å². The lowest BCUT2D eigenvalue weighted by atomic mass is 9.48. The second kappa shape index (κ2) is 12.0. The normalized spacial score (nSPS) is 41.3. The molecular formula is C32H42O12. The Bertz CT molecular complexity index is 1270. The lowest BCUT2D eigenvalue weighted by Crippen LogP contribution is -2.64. The van der Waals surface area contributed by atoms with Gasteiger partial charge in [0.1, 0.15) is 11.9 Å². The minimum Gasteiger partial charge on any atom is -0.460 e. The van der Waals surface area contributed by atoms with E-state index in [-0.39, 0.29) is 34.7 Å². The van der Waals surface area contributed by atoms with Gasteiger partial charge in [-0.1, -0.05) is 19.4 Å². The Balaban J connectivity index is 1.36. The second-order valence-corrected chi connectivity index (χ2v) is 13.3. The summed E-state index contributed by atoms with van der Waals surface area (Å²) in [5.74, 6) is -2.83. The molecular weight excluding hydrogens is 576 g/mol. The van der Waals surface area contributed by atoms with E-state index < -0.39 is 66.1 Å². The van der Waals surface area contributed by atoms with Crippen molar-refractivity contribution >= 4 is 35.4 Å². The van der Waals surface area contributed by atoms with Crippen LogP contribution < -0.4 is 0 Å². The van der Waals surface area contributed by atoms with Gasteiger partial charge in [-0.2, -0.15) is 0 Å². The molecule has 242 valence electrons. The fourth-order valence-corrected chi connectivity index (χ4v) is 8.63. The Kier molecular flexibility index (Phi) is 8.80. The fraction of sp³-hybridized carbons (Fsp3) is 0.750. The molecule has 1 aliphatic heterocycles. The Morgan fingerprint density at radius 3 is 2.02 bits per heavy atom. The highest BCUT2D eigenvalue weighted by Crippen LogP contribution is 2.63. The minimum atomic E-state index is -1.56. The van der Waals surface area contributed by atoms with Gasteiger partial charge in [-0.05, 0) is 55.4 Å². The van der Waals surface area contributed by atoms with Gasteiger partial charge in [-0.15, -0.1) is 0 Å². The van der Waals surface area contributed by atoms with Gasteiger partial charge in [0, 0.05) is 52.1 Å². The van der Waals surface area contributed by atoms with Crippen LogP contribution in [0.3, 0.4) is 0 Å². The molecule has 0 amide bonds. The molecule has 44 heavy (non-hydrogen) atoms.